The quantitative estimate of drug-likeness (QED) is 0.749. The number of amides is 2. The average Bonchev–Trinajstić information content (AvgIpc) is 3.13. The summed E-state index contributed by atoms with van der Waals surface area (Å²) in [4.78, 5) is 35.8. The molecule has 2 aliphatic carbocycles. The normalized spacial score (nSPS) is 23.4. The van der Waals surface area contributed by atoms with E-state index in [2.05, 4.69) is 10.6 Å². The van der Waals surface area contributed by atoms with Gasteiger partial charge < -0.3 is 15.7 Å². The topological polar surface area (TPSA) is 95.5 Å². The first-order valence-corrected chi connectivity index (χ1v) is 9.47. The fraction of sp³-hybridized carbons (Fsp3) is 0.550. The number of hydrogen-bond donors (Lipinski definition) is 3. The lowest BCUT2D eigenvalue weighted by atomic mass is 9.88. The van der Waals surface area contributed by atoms with E-state index in [1.54, 1.807) is 18.2 Å². The molecule has 1 aromatic carbocycles. The van der Waals surface area contributed by atoms with Gasteiger partial charge in [0.2, 0.25) is 11.8 Å². The van der Waals surface area contributed by atoms with Gasteiger partial charge in [0.25, 0.3) is 0 Å². The van der Waals surface area contributed by atoms with Crippen LogP contribution in [0, 0.1) is 17.8 Å². The Labute approximate surface area is 153 Å². The Morgan fingerprint density at radius 1 is 0.808 bits per heavy atom. The van der Waals surface area contributed by atoms with Gasteiger partial charge in [0.15, 0.2) is 0 Å². The van der Waals surface area contributed by atoms with Crippen LogP contribution >= 0.6 is 0 Å². The molecule has 2 amide bonds. The number of carbonyl (C=O) groups is 3. The van der Waals surface area contributed by atoms with E-state index in [1.165, 1.54) is 6.42 Å². The zero-order valence-corrected chi connectivity index (χ0v) is 14.9. The van der Waals surface area contributed by atoms with Crippen LogP contribution in [0.2, 0.25) is 0 Å². The summed E-state index contributed by atoms with van der Waals surface area (Å²) in [5.74, 6) is -1.54. The fourth-order valence-electron chi connectivity index (χ4n) is 3.97. The molecule has 0 radical (unpaired) electrons. The molecule has 1 aromatic rings. The number of rotatable bonds is 5. The van der Waals surface area contributed by atoms with Gasteiger partial charge in [-0.2, -0.15) is 0 Å². The van der Waals surface area contributed by atoms with Crippen LogP contribution in [0.4, 0.5) is 11.4 Å². The SMILES string of the molecule is O=C(Nc1cccc(NC(=O)[C@H]2CC[C@@H](C(=O)O)C2)c1)C1CCCCC1. The zero-order valence-electron chi connectivity index (χ0n) is 14.9. The van der Waals surface area contributed by atoms with Crippen molar-refractivity contribution in [2.75, 3.05) is 10.6 Å². The smallest absolute Gasteiger partial charge is 0.306 e. The third-order valence-electron chi connectivity index (χ3n) is 5.53. The molecule has 0 heterocycles. The Morgan fingerprint density at radius 3 is 1.96 bits per heavy atom. The maximum atomic E-state index is 12.4. The molecule has 140 valence electrons. The standard InChI is InChI=1S/C20H26N2O4/c23-18(13-5-2-1-3-6-13)21-16-7-4-8-17(12-16)22-19(24)14-9-10-15(11-14)20(25)26/h4,7-8,12-15H,1-3,5-6,9-11H2,(H,21,23)(H,22,24)(H,25,26)/t14-,15+/m0/s1. The Kier molecular flexibility index (Phi) is 5.91. The molecule has 2 aliphatic rings. The van der Waals surface area contributed by atoms with E-state index in [0.29, 0.717) is 30.6 Å². The van der Waals surface area contributed by atoms with Gasteiger partial charge in [-0.25, -0.2) is 0 Å². The lowest BCUT2D eigenvalue weighted by molar-refractivity contribution is -0.141. The average molecular weight is 358 g/mol. The molecule has 3 rings (SSSR count). The van der Waals surface area contributed by atoms with Gasteiger partial charge in [-0.15, -0.1) is 0 Å². The summed E-state index contributed by atoms with van der Waals surface area (Å²) < 4.78 is 0. The van der Waals surface area contributed by atoms with E-state index in [-0.39, 0.29) is 23.7 Å². The number of benzene rings is 1. The van der Waals surface area contributed by atoms with Crippen molar-refractivity contribution in [1.29, 1.82) is 0 Å². The van der Waals surface area contributed by atoms with Gasteiger partial charge in [-0.05, 0) is 50.3 Å². The summed E-state index contributed by atoms with van der Waals surface area (Å²) >= 11 is 0. The molecule has 2 fully saturated rings. The third kappa shape index (κ3) is 4.62. The number of aliphatic carboxylic acids is 1. The molecular weight excluding hydrogens is 332 g/mol. The van der Waals surface area contributed by atoms with E-state index in [1.807, 2.05) is 6.07 Å². The molecule has 6 heteroatoms. The van der Waals surface area contributed by atoms with Crippen LogP contribution < -0.4 is 10.6 Å². The lowest BCUT2D eigenvalue weighted by Crippen LogP contribution is -2.25. The second kappa shape index (κ2) is 8.34. The van der Waals surface area contributed by atoms with Crippen molar-refractivity contribution in [2.45, 2.75) is 51.4 Å². The maximum Gasteiger partial charge on any atom is 0.306 e. The van der Waals surface area contributed by atoms with E-state index in [4.69, 9.17) is 5.11 Å². The van der Waals surface area contributed by atoms with E-state index in [0.717, 1.165) is 25.7 Å². The first-order chi connectivity index (χ1) is 12.5. The highest BCUT2D eigenvalue weighted by Crippen LogP contribution is 2.32. The van der Waals surface area contributed by atoms with E-state index >= 15 is 0 Å². The van der Waals surface area contributed by atoms with Crippen LogP contribution in [0.25, 0.3) is 0 Å². The van der Waals surface area contributed by atoms with Crippen LogP contribution in [-0.4, -0.2) is 22.9 Å². The van der Waals surface area contributed by atoms with Crippen LogP contribution in [-0.2, 0) is 14.4 Å². The molecule has 0 aromatic heterocycles. The second-order valence-electron chi connectivity index (χ2n) is 7.44. The van der Waals surface area contributed by atoms with Crippen LogP contribution in [0.1, 0.15) is 51.4 Å². The minimum Gasteiger partial charge on any atom is -0.481 e. The van der Waals surface area contributed by atoms with Gasteiger partial charge >= 0.3 is 5.97 Å². The van der Waals surface area contributed by atoms with Crippen LogP contribution in [0.3, 0.4) is 0 Å². The van der Waals surface area contributed by atoms with Crippen LogP contribution in [0.15, 0.2) is 24.3 Å². The van der Waals surface area contributed by atoms with Gasteiger partial charge in [0.05, 0.1) is 5.92 Å². The monoisotopic (exact) mass is 358 g/mol. The minimum absolute atomic E-state index is 0.0493. The summed E-state index contributed by atoms with van der Waals surface area (Å²) in [5, 5.41) is 14.9. The van der Waals surface area contributed by atoms with Crippen molar-refractivity contribution in [3.05, 3.63) is 24.3 Å². The highest BCUT2D eigenvalue weighted by molar-refractivity contribution is 5.96. The van der Waals surface area contributed by atoms with Gasteiger partial charge in [0, 0.05) is 23.2 Å². The molecule has 0 saturated heterocycles. The van der Waals surface area contributed by atoms with Crippen molar-refractivity contribution in [2.24, 2.45) is 17.8 Å². The lowest BCUT2D eigenvalue weighted by Gasteiger charge is -2.21. The zero-order chi connectivity index (χ0) is 18.5. The number of carboxylic acid groups (broad SMARTS) is 1. The minimum atomic E-state index is -0.826. The molecule has 3 N–H and O–H groups in total. The molecular formula is C20H26N2O4. The number of carboxylic acids is 1. The molecule has 2 saturated carbocycles. The molecule has 2 atom stereocenters. The Bertz CT molecular complexity index is 682. The van der Waals surface area contributed by atoms with E-state index < -0.39 is 11.9 Å². The largest absolute Gasteiger partial charge is 0.481 e. The number of nitrogens with one attached hydrogen (secondary N) is 2. The van der Waals surface area contributed by atoms with Gasteiger partial charge in [-0.3, -0.25) is 14.4 Å². The first-order valence-electron chi connectivity index (χ1n) is 9.47. The summed E-state index contributed by atoms with van der Waals surface area (Å²) in [5.41, 5.74) is 1.29. The molecule has 26 heavy (non-hydrogen) atoms. The Balaban J connectivity index is 1.56. The number of carbonyl (C=O) groups excluding carboxylic acids is 2. The van der Waals surface area contributed by atoms with E-state index in [9.17, 15) is 14.4 Å². The van der Waals surface area contributed by atoms with Gasteiger partial charge in [0.1, 0.15) is 0 Å². The Morgan fingerprint density at radius 2 is 1.38 bits per heavy atom. The molecule has 0 spiro atoms. The highest BCUT2D eigenvalue weighted by Gasteiger charge is 2.33. The number of anilines is 2. The predicted octanol–water partition coefficient (Wildman–Crippen LogP) is 3.64. The van der Waals surface area contributed by atoms with Crippen molar-refractivity contribution in [1.82, 2.24) is 0 Å². The highest BCUT2D eigenvalue weighted by atomic mass is 16.4. The summed E-state index contributed by atoms with van der Waals surface area (Å²) in [6.45, 7) is 0. The van der Waals surface area contributed by atoms with Crippen molar-refractivity contribution in [3.8, 4) is 0 Å². The number of hydrogen-bond acceptors (Lipinski definition) is 3. The van der Waals surface area contributed by atoms with Crippen molar-refractivity contribution in [3.63, 3.8) is 0 Å². The molecule has 0 aliphatic heterocycles. The Hall–Kier alpha value is -2.37. The summed E-state index contributed by atoms with van der Waals surface area (Å²) in [6.07, 6.45) is 6.82. The van der Waals surface area contributed by atoms with Crippen LogP contribution in [0.5, 0.6) is 0 Å². The first kappa shape index (κ1) is 18.4. The third-order valence-corrected chi connectivity index (χ3v) is 5.53. The maximum absolute atomic E-state index is 12.4. The predicted molar refractivity (Wildman–Crippen MR) is 98.7 cm³/mol. The van der Waals surface area contributed by atoms with Gasteiger partial charge in [-0.1, -0.05) is 25.3 Å². The summed E-state index contributed by atoms with van der Waals surface area (Å²) in [6, 6.07) is 7.13. The molecule has 0 bridgehead atoms. The fourth-order valence-corrected chi connectivity index (χ4v) is 3.97. The second-order valence-corrected chi connectivity index (χ2v) is 7.44. The summed E-state index contributed by atoms with van der Waals surface area (Å²) in [7, 11) is 0. The molecule has 0 unspecified atom stereocenters. The molecule has 6 nitrogen and oxygen atoms in total. The van der Waals surface area contributed by atoms with Crippen molar-refractivity contribution < 1.29 is 19.5 Å². The van der Waals surface area contributed by atoms with Crippen molar-refractivity contribution >= 4 is 29.2 Å².